The lowest BCUT2D eigenvalue weighted by Crippen LogP contribution is -2.29. The molecule has 3 nitrogen and oxygen atoms in total. The molecule has 2 aliphatic carbocycles. The highest BCUT2D eigenvalue weighted by atomic mass is 32.1. The van der Waals surface area contributed by atoms with Crippen LogP contribution >= 0.6 is 11.3 Å². The molecule has 1 unspecified atom stereocenters. The predicted molar refractivity (Wildman–Crippen MR) is 72.6 cm³/mol. The number of aromatic nitrogens is 1. The Morgan fingerprint density at radius 1 is 1.35 bits per heavy atom. The Hall–Kier alpha value is -0.610. The second-order valence-electron chi connectivity index (χ2n) is 5.48. The summed E-state index contributed by atoms with van der Waals surface area (Å²) in [6.07, 6.45) is 7.71. The van der Waals surface area contributed by atoms with Gasteiger partial charge in [0.2, 0.25) is 0 Å². The van der Waals surface area contributed by atoms with Crippen molar-refractivity contribution in [3.05, 3.63) is 10.6 Å². The van der Waals surface area contributed by atoms with Crippen molar-refractivity contribution in [1.29, 1.82) is 0 Å². The highest BCUT2D eigenvalue weighted by Crippen LogP contribution is 2.36. The van der Waals surface area contributed by atoms with Crippen molar-refractivity contribution in [1.82, 2.24) is 4.98 Å². The van der Waals surface area contributed by atoms with E-state index in [9.17, 15) is 0 Å². The lowest BCUT2D eigenvalue weighted by molar-refractivity contribution is 0.321. The number of rotatable bonds is 3. The molecule has 2 aliphatic rings. The third-order valence-corrected chi connectivity index (χ3v) is 5.32. The molecule has 1 saturated carbocycles. The minimum Gasteiger partial charge on any atom is -0.351 e. The zero-order valence-corrected chi connectivity index (χ0v) is 11.3. The molecule has 17 heavy (non-hydrogen) atoms. The van der Waals surface area contributed by atoms with Crippen molar-refractivity contribution in [3.8, 4) is 0 Å². The molecule has 0 aromatic carbocycles. The van der Waals surface area contributed by atoms with Gasteiger partial charge in [-0.3, -0.25) is 0 Å². The summed E-state index contributed by atoms with van der Waals surface area (Å²) in [5.74, 6) is 0.898. The van der Waals surface area contributed by atoms with E-state index in [4.69, 9.17) is 10.7 Å². The van der Waals surface area contributed by atoms with Crippen LogP contribution in [0.1, 0.15) is 48.7 Å². The van der Waals surface area contributed by atoms with Crippen LogP contribution in [0.2, 0.25) is 0 Å². The van der Waals surface area contributed by atoms with Crippen LogP contribution in [0.4, 0.5) is 5.13 Å². The van der Waals surface area contributed by atoms with Gasteiger partial charge in [0.05, 0.1) is 5.69 Å². The van der Waals surface area contributed by atoms with Gasteiger partial charge in [-0.15, -0.1) is 11.3 Å². The van der Waals surface area contributed by atoms with Gasteiger partial charge in [-0.1, -0.05) is 6.42 Å². The Balaban J connectivity index is 1.74. The normalized spacial score (nSPS) is 24.2. The first-order valence-corrected chi connectivity index (χ1v) is 7.52. The molecule has 0 saturated heterocycles. The third-order valence-electron chi connectivity index (χ3n) is 4.07. The number of hydrogen-bond acceptors (Lipinski definition) is 4. The average molecular weight is 251 g/mol. The summed E-state index contributed by atoms with van der Waals surface area (Å²) in [5, 5.41) is 1.18. The Labute approximate surface area is 107 Å². The van der Waals surface area contributed by atoms with Gasteiger partial charge >= 0.3 is 0 Å². The van der Waals surface area contributed by atoms with Gasteiger partial charge in [-0.25, -0.2) is 4.98 Å². The average Bonchev–Trinajstić information content (AvgIpc) is 2.68. The predicted octanol–water partition coefficient (Wildman–Crippen LogP) is 2.72. The van der Waals surface area contributed by atoms with E-state index in [2.05, 4.69) is 11.9 Å². The molecule has 1 atom stereocenters. The molecule has 1 aromatic heterocycles. The summed E-state index contributed by atoms with van der Waals surface area (Å²) >= 11 is 1.86. The van der Waals surface area contributed by atoms with Crippen molar-refractivity contribution in [3.63, 3.8) is 0 Å². The summed E-state index contributed by atoms with van der Waals surface area (Å²) in [6, 6.07) is 0.181. The van der Waals surface area contributed by atoms with Gasteiger partial charge in [0, 0.05) is 24.5 Å². The van der Waals surface area contributed by atoms with E-state index in [-0.39, 0.29) is 6.04 Å². The van der Waals surface area contributed by atoms with Crippen LogP contribution in [0, 0.1) is 5.92 Å². The molecular weight excluding hydrogens is 230 g/mol. The maximum Gasteiger partial charge on any atom is 0.185 e. The van der Waals surface area contributed by atoms with Crippen molar-refractivity contribution in [2.24, 2.45) is 11.7 Å². The van der Waals surface area contributed by atoms with Crippen LogP contribution in [-0.2, 0) is 6.42 Å². The minimum absolute atomic E-state index is 0.181. The van der Waals surface area contributed by atoms with Gasteiger partial charge in [0.25, 0.3) is 0 Å². The quantitative estimate of drug-likeness (QED) is 0.898. The number of anilines is 1. The minimum atomic E-state index is 0.181. The number of nitrogens with zero attached hydrogens (tertiary/aromatic N) is 2. The molecule has 1 aromatic rings. The maximum atomic E-state index is 6.12. The van der Waals surface area contributed by atoms with Crippen LogP contribution in [-0.4, -0.2) is 18.6 Å². The second-order valence-corrected chi connectivity index (χ2v) is 6.54. The molecule has 4 heteroatoms. The molecule has 1 heterocycles. The smallest absolute Gasteiger partial charge is 0.185 e. The topological polar surface area (TPSA) is 42.2 Å². The van der Waals surface area contributed by atoms with Gasteiger partial charge in [-0.2, -0.15) is 0 Å². The fourth-order valence-corrected chi connectivity index (χ4v) is 3.89. The van der Waals surface area contributed by atoms with Gasteiger partial charge in [0.1, 0.15) is 0 Å². The van der Waals surface area contributed by atoms with E-state index in [0.717, 1.165) is 12.3 Å². The number of nitrogens with two attached hydrogens (primary N) is 1. The number of fused-ring (bicyclic) bond motifs is 1. The largest absolute Gasteiger partial charge is 0.351 e. The zero-order valence-electron chi connectivity index (χ0n) is 10.5. The number of aryl methyl sites for hydroxylation is 1. The van der Waals surface area contributed by atoms with Gasteiger partial charge in [-0.05, 0) is 38.0 Å². The van der Waals surface area contributed by atoms with Crippen molar-refractivity contribution in [2.45, 2.75) is 44.6 Å². The second kappa shape index (κ2) is 4.58. The summed E-state index contributed by atoms with van der Waals surface area (Å²) in [7, 11) is 2.17. The van der Waals surface area contributed by atoms with E-state index in [0.29, 0.717) is 0 Å². The zero-order chi connectivity index (χ0) is 11.8. The number of hydrogen-bond donors (Lipinski definition) is 1. The van der Waals surface area contributed by atoms with Crippen LogP contribution in [0.5, 0.6) is 0 Å². The van der Waals surface area contributed by atoms with E-state index in [1.165, 1.54) is 54.4 Å². The van der Waals surface area contributed by atoms with Crippen molar-refractivity contribution >= 4 is 16.5 Å². The standard InChI is InChI=1S/C13H21N3S/c1-16(8-9-4-2-5-9)13-15-12-10(14)6-3-7-11(12)17-13/h9-10H,2-8,14H2,1H3. The first kappa shape index (κ1) is 11.5. The maximum absolute atomic E-state index is 6.12. The van der Waals surface area contributed by atoms with E-state index in [1.54, 1.807) is 0 Å². The summed E-state index contributed by atoms with van der Waals surface area (Å²) in [4.78, 5) is 8.53. The lowest BCUT2D eigenvalue weighted by Gasteiger charge is -2.29. The first-order valence-electron chi connectivity index (χ1n) is 6.70. The number of thiazole rings is 1. The summed E-state index contributed by atoms with van der Waals surface area (Å²) in [5.41, 5.74) is 7.30. The van der Waals surface area contributed by atoms with Crippen LogP contribution < -0.4 is 10.6 Å². The molecular formula is C13H21N3S. The molecule has 0 aliphatic heterocycles. The Bertz CT molecular complexity index is 397. The molecule has 94 valence electrons. The lowest BCUT2D eigenvalue weighted by atomic mass is 9.85. The van der Waals surface area contributed by atoms with Crippen LogP contribution in [0.15, 0.2) is 0 Å². The Kier molecular flexibility index (Phi) is 3.09. The Morgan fingerprint density at radius 3 is 2.82 bits per heavy atom. The van der Waals surface area contributed by atoms with E-state index < -0.39 is 0 Å². The molecule has 2 N–H and O–H groups in total. The molecule has 1 fully saturated rings. The van der Waals surface area contributed by atoms with E-state index >= 15 is 0 Å². The van der Waals surface area contributed by atoms with Crippen molar-refractivity contribution in [2.75, 3.05) is 18.5 Å². The van der Waals surface area contributed by atoms with Crippen LogP contribution in [0.3, 0.4) is 0 Å². The molecule has 0 spiro atoms. The highest BCUT2D eigenvalue weighted by molar-refractivity contribution is 7.15. The van der Waals surface area contributed by atoms with Gasteiger partial charge in [0.15, 0.2) is 5.13 Å². The fourth-order valence-electron chi connectivity index (χ4n) is 2.74. The van der Waals surface area contributed by atoms with Crippen molar-refractivity contribution < 1.29 is 0 Å². The third kappa shape index (κ3) is 2.20. The van der Waals surface area contributed by atoms with Gasteiger partial charge < -0.3 is 10.6 Å². The fraction of sp³-hybridized carbons (Fsp3) is 0.769. The molecule has 0 radical (unpaired) electrons. The molecule has 3 rings (SSSR count). The molecule has 0 bridgehead atoms. The SMILES string of the molecule is CN(CC1CCC1)c1nc2c(s1)CCCC2N. The van der Waals surface area contributed by atoms with Crippen LogP contribution in [0.25, 0.3) is 0 Å². The molecule has 0 amide bonds. The summed E-state index contributed by atoms with van der Waals surface area (Å²) in [6.45, 7) is 1.17. The Morgan fingerprint density at radius 2 is 2.18 bits per heavy atom. The summed E-state index contributed by atoms with van der Waals surface area (Å²) < 4.78 is 0. The van der Waals surface area contributed by atoms with E-state index in [1.807, 2.05) is 11.3 Å². The highest BCUT2D eigenvalue weighted by Gasteiger charge is 2.25. The first-order chi connectivity index (χ1) is 8.24. The monoisotopic (exact) mass is 251 g/mol.